The van der Waals surface area contributed by atoms with Gasteiger partial charge in [0.05, 0.1) is 18.3 Å². The van der Waals surface area contributed by atoms with E-state index in [0.29, 0.717) is 26.2 Å². The second-order valence-corrected chi connectivity index (χ2v) is 6.07. The van der Waals surface area contributed by atoms with Crippen molar-refractivity contribution in [3.8, 4) is 0 Å². The molecule has 1 fully saturated rings. The van der Waals surface area contributed by atoms with E-state index in [-0.39, 0.29) is 18.0 Å². The molecular weight excluding hydrogens is 282 g/mol. The van der Waals surface area contributed by atoms with Crippen molar-refractivity contribution < 1.29 is 14.3 Å². The Kier molecular flexibility index (Phi) is 4.02. The van der Waals surface area contributed by atoms with Gasteiger partial charge in [0.15, 0.2) is 0 Å². The van der Waals surface area contributed by atoms with Crippen molar-refractivity contribution in [3.63, 3.8) is 0 Å². The molecule has 3 rings (SSSR count). The molecule has 0 radical (unpaired) electrons. The highest BCUT2D eigenvalue weighted by Crippen LogP contribution is 2.31. The van der Waals surface area contributed by atoms with Crippen LogP contribution in [0.5, 0.6) is 0 Å². The first kappa shape index (κ1) is 14.8. The lowest BCUT2D eigenvalue weighted by molar-refractivity contribution is -0.132. The second kappa shape index (κ2) is 5.96. The Bertz CT molecular complexity index is 588. The molecule has 0 bridgehead atoms. The summed E-state index contributed by atoms with van der Waals surface area (Å²) in [5, 5.41) is 0. The number of nitrogens with zero attached hydrogens (tertiary/aromatic N) is 3. The van der Waals surface area contributed by atoms with E-state index in [1.54, 1.807) is 4.90 Å². The number of anilines is 1. The Morgan fingerprint density at radius 1 is 1.36 bits per heavy atom. The van der Waals surface area contributed by atoms with Gasteiger partial charge in [-0.3, -0.25) is 9.69 Å². The molecule has 6 nitrogen and oxygen atoms in total. The summed E-state index contributed by atoms with van der Waals surface area (Å²) in [4.78, 5) is 29.9. The molecule has 1 aromatic carbocycles. The van der Waals surface area contributed by atoms with Gasteiger partial charge in [-0.1, -0.05) is 18.2 Å². The first-order chi connectivity index (χ1) is 10.6. The third-order valence-corrected chi connectivity index (χ3v) is 4.11. The van der Waals surface area contributed by atoms with E-state index in [9.17, 15) is 9.59 Å². The number of carbonyl (C=O) groups excluding carboxylic acids is 2. The molecule has 0 spiro atoms. The zero-order valence-corrected chi connectivity index (χ0v) is 13.0. The van der Waals surface area contributed by atoms with Gasteiger partial charge in [-0.2, -0.15) is 0 Å². The van der Waals surface area contributed by atoms with E-state index < -0.39 is 0 Å². The molecule has 2 aliphatic rings. The van der Waals surface area contributed by atoms with Crippen molar-refractivity contribution in [2.75, 3.05) is 38.7 Å². The highest BCUT2D eigenvalue weighted by molar-refractivity contribution is 5.91. The van der Waals surface area contributed by atoms with E-state index in [0.717, 1.165) is 17.7 Å². The zero-order chi connectivity index (χ0) is 15.7. The molecule has 22 heavy (non-hydrogen) atoms. The first-order valence-corrected chi connectivity index (χ1v) is 7.52. The van der Waals surface area contributed by atoms with E-state index in [1.807, 2.05) is 48.2 Å². The number of likely N-dealkylation sites (N-methyl/N-ethyl adjacent to an activating group) is 1. The van der Waals surface area contributed by atoms with Gasteiger partial charge in [-0.25, -0.2) is 4.79 Å². The average Bonchev–Trinajstić information content (AvgIpc) is 2.80. The summed E-state index contributed by atoms with van der Waals surface area (Å²) < 4.78 is 5.20. The molecule has 1 aromatic rings. The van der Waals surface area contributed by atoms with Gasteiger partial charge in [0, 0.05) is 13.1 Å². The van der Waals surface area contributed by atoms with Crippen LogP contribution in [-0.2, 0) is 16.1 Å². The fraction of sp³-hybridized carbons (Fsp3) is 0.500. The number of amides is 2. The van der Waals surface area contributed by atoms with Crippen molar-refractivity contribution >= 4 is 17.7 Å². The van der Waals surface area contributed by atoms with Crippen molar-refractivity contribution in [2.24, 2.45) is 0 Å². The van der Waals surface area contributed by atoms with Crippen LogP contribution in [0.15, 0.2) is 24.3 Å². The summed E-state index contributed by atoms with van der Waals surface area (Å²) in [6, 6.07) is 7.75. The fourth-order valence-corrected chi connectivity index (χ4v) is 3.02. The standard InChI is InChI=1S/C16H21N3O3/c1-17(2)10-15(20)18-8-7-13-11-22-16(21)19(13)14-6-4-3-5-12(14)9-18/h3-6,13H,7-11H2,1-2H3/t13-/m0/s1. The monoisotopic (exact) mass is 303 g/mol. The van der Waals surface area contributed by atoms with Crippen LogP contribution in [0.4, 0.5) is 10.5 Å². The van der Waals surface area contributed by atoms with Crippen LogP contribution in [0, 0.1) is 0 Å². The smallest absolute Gasteiger partial charge is 0.414 e. The molecule has 2 heterocycles. The zero-order valence-electron chi connectivity index (χ0n) is 13.0. The number of para-hydroxylation sites is 1. The Balaban J connectivity index is 1.91. The molecule has 2 amide bonds. The maximum absolute atomic E-state index is 12.4. The van der Waals surface area contributed by atoms with Gasteiger partial charge in [-0.05, 0) is 32.1 Å². The summed E-state index contributed by atoms with van der Waals surface area (Å²) in [6.07, 6.45) is 0.449. The molecule has 0 aromatic heterocycles. The van der Waals surface area contributed by atoms with Crippen LogP contribution in [0.1, 0.15) is 12.0 Å². The number of benzene rings is 1. The summed E-state index contributed by atoms with van der Waals surface area (Å²) in [7, 11) is 3.78. The van der Waals surface area contributed by atoms with Crippen LogP contribution in [0.25, 0.3) is 0 Å². The van der Waals surface area contributed by atoms with Crippen LogP contribution >= 0.6 is 0 Å². The fourth-order valence-electron chi connectivity index (χ4n) is 3.02. The van der Waals surface area contributed by atoms with Crippen LogP contribution in [0.3, 0.4) is 0 Å². The average molecular weight is 303 g/mol. The summed E-state index contributed by atoms with van der Waals surface area (Å²) in [6.45, 7) is 1.95. The number of hydrogen-bond donors (Lipinski definition) is 0. The van der Waals surface area contributed by atoms with Crippen LogP contribution in [0.2, 0.25) is 0 Å². The molecule has 1 atom stereocenters. The molecule has 2 aliphatic heterocycles. The predicted octanol–water partition coefficient (Wildman–Crippen LogP) is 1.31. The van der Waals surface area contributed by atoms with Crippen molar-refractivity contribution in [2.45, 2.75) is 19.0 Å². The van der Waals surface area contributed by atoms with Crippen molar-refractivity contribution in [3.05, 3.63) is 29.8 Å². The van der Waals surface area contributed by atoms with Crippen molar-refractivity contribution in [1.82, 2.24) is 9.80 Å². The molecular formula is C16H21N3O3. The van der Waals surface area contributed by atoms with E-state index in [4.69, 9.17) is 4.74 Å². The molecule has 0 unspecified atom stereocenters. The van der Waals surface area contributed by atoms with E-state index in [1.165, 1.54) is 0 Å². The van der Waals surface area contributed by atoms with Crippen molar-refractivity contribution in [1.29, 1.82) is 0 Å². The third-order valence-electron chi connectivity index (χ3n) is 4.11. The third kappa shape index (κ3) is 2.78. The topological polar surface area (TPSA) is 53.1 Å². The highest BCUT2D eigenvalue weighted by Gasteiger charge is 2.37. The van der Waals surface area contributed by atoms with Gasteiger partial charge in [0.1, 0.15) is 6.61 Å². The molecule has 0 N–H and O–H groups in total. The first-order valence-electron chi connectivity index (χ1n) is 7.52. The molecule has 6 heteroatoms. The Morgan fingerprint density at radius 3 is 2.91 bits per heavy atom. The van der Waals surface area contributed by atoms with E-state index in [2.05, 4.69) is 0 Å². The van der Waals surface area contributed by atoms with Crippen LogP contribution in [-0.4, -0.2) is 61.6 Å². The minimum atomic E-state index is -0.287. The van der Waals surface area contributed by atoms with Gasteiger partial charge in [0.25, 0.3) is 0 Å². The predicted molar refractivity (Wildman–Crippen MR) is 82.6 cm³/mol. The number of rotatable bonds is 2. The van der Waals surface area contributed by atoms with E-state index >= 15 is 0 Å². The number of cyclic esters (lactones) is 1. The second-order valence-electron chi connectivity index (χ2n) is 6.07. The Hall–Kier alpha value is -2.08. The van der Waals surface area contributed by atoms with Gasteiger partial charge < -0.3 is 14.5 Å². The maximum atomic E-state index is 12.4. The largest absolute Gasteiger partial charge is 0.447 e. The highest BCUT2D eigenvalue weighted by atomic mass is 16.6. The molecule has 0 saturated carbocycles. The van der Waals surface area contributed by atoms with Crippen LogP contribution < -0.4 is 4.90 Å². The molecule has 118 valence electrons. The Labute approximate surface area is 130 Å². The number of hydrogen-bond acceptors (Lipinski definition) is 4. The number of carbonyl (C=O) groups is 2. The molecule has 0 aliphatic carbocycles. The van der Waals surface area contributed by atoms with Gasteiger partial charge >= 0.3 is 6.09 Å². The minimum absolute atomic E-state index is 0.00334. The quantitative estimate of drug-likeness (QED) is 0.826. The lowest BCUT2D eigenvalue weighted by atomic mass is 10.1. The van der Waals surface area contributed by atoms with Gasteiger partial charge in [-0.15, -0.1) is 0 Å². The number of fused-ring (bicyclic) bond motifs is 3. The SMILES string of the molecule is CN(C)CC(=O)N1CC[C@H]2COC(=O)N2c2ccccc2C1. The summed E-state index contributed by atoms with van der Waals surface area (Å²) in [5.74, 6) is 0.110. The molecule has 1 saturated heterocycles. The Morgan fingerprint density at radius 2 is 2.14 bits per heavy atom. The number of ether oxygens (including phenoxy) is 1. The summed E-state index contributed by atoms with van der Waals surface area (Å²) >= 11 is 0. The lowest BCUT2D eigenvalue weighted by Gasteiger charge is -2.32. The normalized spacial score (nSPS) is 21.0. The maximum Gasteiger partial charge on any atom is 0.414 e. The van der Waals surface area contributed by atoms with Gasteiger partial charge in [0.2, 0.25) is 5.91 Å². The minimum Gasteiger partial charge on any atom is -0.447 e. The summed E-state index contributed by atoms with van der Waals surface area (Å²) in [5.41, 5.74) is 1.84. The lowest BCUT2D eigenvalue weighted by Crippen LogP contribution is -2.44.